The Bertz CT molecular complexity index is 777. The quantitative estimate of drug-likeness (QED) is 0.777. The minimum absolute atomic E-state index is 0.00896. The van der Waals surface area contributed by atoms with Crippen LogP contribution in [-0.4, -0.2) is 61.8 Å². The third kappa shape index (κ3) is 4.36. The van der Waals surface area contributed by atoms with Crippen LogP contribution in [0, 0.1) is 5.92 Å². The maximum Gasteiger partial charge on any atom is 0.255 e. The van der Waals surface area contributed by atoms with E-state index in [0.29, 0.717) is 35.5 Å². The first-order valence-electron chi connectivity index (χ1n) is 9.00. The van der Waals surface area contributed by atoms with Crippen molar-refractivity contribution in [2.75, 3.05) is 41.0 Å². The summed E-state index contributed by atoms with van der Waals surface area (Å²) in [4.78, 5) is 23.4. The van der Waals surface area contributed by atoms with Gasteiger partial charge >= 0.3 is 0 Å². The van der Waals surface area contributed by atoms with Crippen molar-refractivity contribution >= 4 is 5.91 Å². The second-order valence-corrected chi connectivity index (χ2v) is 6.56. The number of aromatic nitrogens is 2. The van der Waals surface area contributed by atoms with Crippen LogP contribution in [0.2, 0.25) is 0 Å². The molecule has 1 aliphatic heterocycles. The highest BCUT2D eigenvalue weighted by Crippen LogP contribution is 2.29. The highest BCUT2D eigenvalue weighted by atomic mass is 16.5. The number of hydrogen-bond donors (Lipinski definition) is 0. The van der Waals surface area contributed by atoms with Gasteiger partial charge in [-0.25, -0.2) is 0 Å². The van der Waals surface area contributed by atoms with Crippen molar-refractivity contribution in [3.63, 3.8) is 0 Å². The van der Waals surface area contributed by atoms with Gasteiger partial charge in [0.25, 0.3) is 5.91 Å². The normalized spacial score (nSPS) is 16.9. The molecular weight excluding hydrogens is 346 g/mol. The molecule has 1 aliphatic rings. The number of likely N-dealkylation sites (tertiary alicyclic amines) is 1. The van der Waals surface area contributed by atoms with Gasteiger partial charge in [-0.05, 0) is 37.0 Å². The lowest BCUT2D eigenvalue weighted by molar-refractivity contribution is 0.0570. The monoisotopic (exact) mass is 371 g/mol. The van der Waals surface area contributed by atoms with Gasteiger partial charge in [0.2, 0.25) is 11.8 Å². The molecule has 27 heavy (non-hydrogen) atoms. The molecule has 0 unspecified atom stereocenters. The summed E-state index contributed by atoms with van der Waals surface area (Å²) in [6.07, 6.45) is 3.71. The Balaban J connectivity index is 1.76. The van der Waals surface area contributed by atoms with Crippen LogP contribution in [0.5, 0.6) is 11.8 Å². The number of piperidine rings is 1. The smallest absolute Gasteiger partial charge is 0.255 e. The van der Waals surface area contributed by atoms with Gasteiger partial charge in [-0.15, -0.1) is 0 Å². The molecule has 1 fully saturated rings. The lowest BCUT2D eigenvalue weighted by atomic mass is 9.98. The fourth-order valence-corrected chi connectivity index (χ4v) is 3.37. The number of amides is 1. The van der Waals surface area contributed by atoms with Crippen molar-refractivity contribution in [1.29, 1.82) is 0 Å². The summed E-state index contributed by atoms with van der Waals surface area (Å²) >= 11 is 0. The Labute approximate surface area is 159 Å². The zero-order valence-electron chi connectivity index (χ0n) is 16.0. The molecule has 3 heterocycles. The van der Waals surface area contributed by atoms with Gasteiger partial charge in [0, 0.05) is 32.5 Å². The van der Waals surface area contributed by atoms with Crippen molar-refractivity contribution in [2.45, 2.75) is 12.8 Å². The van der Waals surface area contributed by atoms with Crippen molar-refractivity contribution in [3.05, 3.63) is 36.0 Å². The molecular formula is C20H25N3O4. The van der Waals surface area contributed by atoms with E-state index in [1.807, 2.05) is 17.0 Å². The Kier molecular flexibility index (Phi) is 6.24. The van der Waals surface area contributed by atoms with Crippen LogP contribution in [0.15, 0.2) is 30.5 Å². The predicted molar refractivity (Wildman–Crippen MR) is 101 cm³/mol. The van der Waals surface area contributed by atoms with Crippen LogP contribution in [-0.2, 0) is 4.74 Å². The fraction of sp³-hybridized carbons (Fsp3) is 0.450. The van der Waals surface area contributed by atoms with Gasteiger partial charge < -0.3 is 19.1 Å². The minimum Gasteiger partial charge on any atom is -0.481 e. The summed E-state index contributed by atoms with van der Waals surface area (Å²) in [5.74, 6) is 1.31. The number of carbonyl (C=O) groups is 1. The standard InChI is InChI=1S/C20H25N3O4/c1-25-13-14-5-4-10-23(12-14)20(24)15-6-8-17(21-11-15)16-7-9-18(26-2)22-19(16)27-3/h6-9,11,14H,4-5,10,12-13H2,1-3H3/t14-/m0/s1. The summed E-state index contributed by atoms with van der Waals surface area (Å²) in [6, 6.07) is 7.21. The molecule has 0 aromatic carbocycles. The van der Waals surface area contributed by atoms with Crippen molar-refractivity contribution in [2.24, 2.45) is 5.92 Å². The zero-order chi connectivity index (χ0) is 19.2. The van der Waals surface area contributed by atoms with Crippen molar-refractivity contribution in [1.82, 2.24) is 14.9 Å². The molecule has 1 amide bonds. The first kappa shape index (κ1) is 19.1. The SMILES string of the molecule is COC[C@H]1CCCN(C(=O)c2ccc(-c3ccc(OC)nc3OC)nc2)C1. The van der Waals surface area contributed by atoms with Crippen LogP contribution in [0.25, 0.3) is 11.3 Å². The van der Waals surface area contributed by atoms with E-state index in [9.17, 15) is 4.79 Å². The molecule has 0 radical (unpaired) electrons. The van der Waals surface area contributed by atoms with Crippen LogP contribution < -0.4 is 9.47 Å². The average molecular weight is 371 g/mol. The molecule has 0 saturated carbocycles. The van der Waals surface area contributed by atoms with E-state index in [1.165, 1.54) is 0 Å². The molecule has 7 heteroatoms. The molecule has 0 aliphatic carbocycles. The lowest BCUT2D eigenvalue weighted by Gasteiger charge is -2.32. The predicted octanol–water partition coefficient (Wildman–Crippen LogP) is 2.66. The third-order valence-electron chi connectivity index (χ3n) is 4.73. The van der Waals surface area contributed by atoms with Gasteiger partial charge in [-0.3, -0.25) is 9.78 Å². The average Bonchev–Trinajstić information content (AvgIpc) is 2.73. The molecule has 7 nitrogen and oxygen atoms in total. The summed E-state index contributed by atoms with van der Waals surface area (Å²) in [5.41, 5.74) is 2.02. The van der Waals surface area contributed by atoms with Crippen molar-refractivity contribution < 1.29 is 19.0 Å². The summed E-state index contributed by atoms with van der Waals surface area (Å²) in [5, 5.41) is 0. The van der Waals surface area contributed by atoms with Crippen LogP contribution in [0.4, 0.5) is 0 Å². The van der Waals surface area contributed by atoms with Crippen molar-refractivity contribution in [3.8, 4) is 23.0 Å². The van der Waals surface area contributed by atoms with Crippen LogP contribution >= 0.6 is 0 Å². The van der Waals surface area contributed by atoms with Gasteiger partial charge in [0.1, 0.15) is 0 Å². The van der Waals surface area contributed by atoms with E-state index in [0.717, 1.165) is 31.5 Å². The number of methoxy groups -OCH3 is 3. The number of rotatable bonds is 6. The first-order valence-corrected chi connectivity index (χ1v) is 9.00. The number of nitrogens with zero attached hydrogens (tertiary/aromatic N) is 3. The minimum atomic E-state index is 0.00896. The number of ether oxygens (including phenoxy) is 3. The van der Waals surface area contributed by atoms with E-state index in [1.54, 1.807) is 39.7 Å². The summed E-state index contributed by atoms with van der Waals surface area (Å²) < 4.78 is 15.7. The van der Waals surface area contributed by atoms with Gasteiger partial charge in [-0.2, -0.15) is 4.98 Å². The molecule has 1 atom stereocenters. The summed E-state index contributed by atoms with van der Waals surface area (Å²) in [7, 11) is 4.81. The third-order valence-corrected chi connectivity index (χ3v) is 4.73. The number of hydrogen-bond acceptors (Lipinski definition) is 6. The summed E-state index contributed by atoms with van der Waals surface area (Å²) in [6.45, 7) is 2.19. The van der Waals surface area contributed by atoms with E-state index >= 15 is 0 Å². The Morgan fingerprint density at radius 1 is 1.19 bits per heavy atom. The first-order chi connectivity index (χ1) is 13.2. The Morgan fingerprint density at radius 3 is 2.70 bits per heavy atom. The second-order valence-electron chi connectivity index (χ2n) is 6.56. The van der Waals surface area contributed by atoms with Gasteiger partial charge in [0.15, 0.2) is 0 Å². The zero-order valence-corrected chi connectivity index (χ0v) is 16.0. The highest BCUT2D eigenvalue weighted by Gasteiger charge is 2.24. The molecule has 2 aromatic rings. The Hall–Kier alpha value is -2.67. The molecule has 144 valence electrons. The molecule has 1 saturated heterocycles. The van der Waals surface area contributed by atoms with Crippen LogP contribution in [0.3, 0.4) is 0 Å². The largest absolute Gasteiger partial charge is 0.481 e. The maximum absolute atomic E-state index is 12.8. The topological polar surface area (TPSA) is 73.8 Å². The number of carbonyl (C=O) groups excluding carboxylic acids is 1. The molecule has 3 rings (SSSR count). The molecule has 0 bridgehead atoms. The molecule has 0 N–H and O–H groups in total. The van der Waals surface area contributed by atoms with Crippen LogP contribution in [0.1, 0.15) is 23.2 Å². The van der Waals surface area contributed by atoms with Gasteiger partial charge in [-0.1, -0.05) is 0 Å². The Morgan fingerprint density at radius 2 is 2.04 bits per heavy atom. The van der Waals surface area contributed by atoms with E-state index < -0.39 is 0 Å². The van der Waals surface area contributed by atoms with E-state index in [-0.39, 0.29) is 5.91 Å². The lowest BCUT2D eigenvalue weighted by Crippen LogP contribution is -2.41. The second kappa shape index (κ2) is 8.81. The van der Waals surface area contributed by atoms with Gasteiger partial charge in [0.05, 0.1) is 37.6 Å². The molecule has 0 spiro atoms. The highest BCUT2D eigenvalue weighted by molar-refractivity contribution is 5.94. The number of pyridine rings is 2. The van der Waals surface area contributed by atoms with E-state index in [2.05, 4.69) is 9.97 Å². The fourth-order valence-electron chi connectivity index (χ4n) is 3.37. The van der Waals surface area contributed by atoms with E-state index in [4.69, 9.17) is 14.2 Å². The molecule has 2 aromatic heterocycles. The maximum atomic E-state index is 12.8.